The van der Waals surface area contributed by atoms with E-state index in [0.29, 0.717) is 12.7 Å². The van der Waals surface area contributed by atoms with Gasteiger partial charge in [-0.1, -0.05) is 34.1 Å². The van der Waals surface area contributed by atoms with Gasteiger partial charge in [0.2, 0.25) is 0 Å². The molecule has 1 saturated heterocycles. The van der Waals surface area contributed by atoms with E-state index in [9.17, 15) is 0 Å². The standard InChI is InChI=1S/C20H24BrNO2S/c1-23-19-9-8-17(21)11-16(19)14-25-20-7-3-2-5-15(20)13-24-18-6-4-10-22-12-18/h2-3,5,7-9,11,18,22H,4,6,10,12-14H2,1H3. The Labute approximate surface area is 162 Å². The minimum absolute atomic E-state index is 0.331. The molecule has 0 aromatic heterocycles. The van der Waals surface area contributed by atoms with Crippen LogP contribution in [0.1, 0.15) is 24.0 Å². The second kappa shape index (κ2) is 9.62. The van der Waals surface area contributed by atoms with E-state index in [0.717, 1.165) is 35.5 Å². The minimum atomic E-state index is 0.331. The van der Waals surface area contributed by atoms with Crippen molar-refractivity contribution in [1.82, 2.24) is 5.32 Å². The SMILES string of the molecule is COc1ccc(Br)cc1CSc1ccccc1COC1CCCNC1. The summed E-state index contributed by atoms with van der Waals surface area (Å²) >= 11 is 5.37. The summed E-state index contributed by atoms with van der Waals surface area (Å²) in [5.41, 5.74) is 2.45. The van der Waals surface area contributed by atoms with Gasteiger partial charge in [-0.15, -0.1) is 11.8 Å². The summed E-state index contributed by atoms with van der Waals surface area (Å²) in [6.07, 6.45) is 2.68. The Hall–Kier alpha value is -1.01. The zero-order valence-corrected chi connectivity index (χ0v) is 16.9. The summed E-state index contributed by atoms with van der Waals surface area (Å²) < 4.78 is 12.7. The smallest absolute Gasteiger partial charge is 0.122 e. The molecule has 1 fully saturated rings. The van der Waals surface area contributed by atoms with Crippen LogP contribution in [0.5, 0.6) is 5.75 Å². The highest BCUT2D eigenvalue weighted by Crippen LogP contribution is 2.32. The monoisotopic (exact) mass is 421 g/mol. The third kappa shape index (κ3) is 5.48. The molecule has 0 bridgehead atoms. The van der Waals surface area contributed by atoms with Gasteiger partial charge >= 0.3 is 0 Å². The van der Waals surface area contributed by atoms with Gasteiger partial charge in [-0.05, 0) is 49.2 Å². The van der Waals surface area contributed by atoms with Gasteiger partial charge in [0.25, 0.3) is 0 Å². The lowest BCUT2D eigenvalue weighted by molar-refractivity contribution is 0.0243. The third-order valence-electron chi connectivity index (χ3n) is 4.32. The van der Waals surface area contributed by atoms with Crippen molar-refractivity contribution in [2.75, 3.05) is 20.2 Å². The topological polar surface area (TPSA) is 30.5 Å². The zero-order chi connectivity index (χ0) is 17.5. The average molecular weight is 422 g/mol. The van der Waals surface area contributed by atoms with Crippen LogP contribution in [-0.2, 0) is 17.1 Å². The molecule has 2 aromatic carbocycles. The lowest BCUT2D eigenvalue weighted by Crippen LogP contribution is -2.35. The van der Waals surface area contributed by atoms with Gasteiger partial charge < -0.3 is 14.8 Å². The fourth-order valence-corrected chi connectivity index (χ4v) is 4.38. The number of nitrogens with one attached hydrogen (secondary N) is 1. The molecule has 0 amide bonds. The second-order valence-corrected chi connectivity index (χ2v) is 8.06. The summed E-state index contributed by atoms with van der Waals surface area (Å²) in [6.45, 7) is 2.75. The maximum absolute atomic E-state index is 6.12. The molecule has 5 heteroatoms. The Morgan fingerprint density at radius 2 is 2.08 bits per heavy atom. The van der Waals surface area contributed by atoms with E-state index in [4.69, 9.17) is 9.47 Å². The van der Waals surface area contributed by atoms with E-state index in [1.807, 2.05) is 23.9 Å². The molecule has 134 valence electrons. The van der Waals surface area contributed by atoms with E-state index in [-0.39, 0.29) is 0 Å². The Morgan fingerprint density at radius 3 is 2.88 bits per heavy atom. The number of thioether (sulfide) groups is 1. The van der Waals surface area contributed by atoms with Crippen LogP contribution in [0.25, 0.3) is 0 Å². The molecule has 1 atom stereocenters. The predicted molar refractivity (Wildman–Crippen MR) is 107 cm³/mol. The molecule has 3 rings (SSSR count). The van der Waals surface area contributed by atoms with Crippen LogP contribution in [0.3, 0.4) is 0 Å². The molecule has 1 heterocycles. The number of rotatable bonds is 7. The summed E-state index contributed by atoms with van der Waals surface area (Å²) in [5.74, 6) is 1.79. The normalized spacial score (nSPS) is 17.4. The number of benzene rings is 2. The molecule has 0 radical (unpaired) electrons. The van der Waals surface area contributed by atoms with Crippen molar-refractivity contribution in [3.05, 3.63) is 58.1 Å². The number of halogens is 1. The van der Waals surface area contributed by atoms with E-state index in [1.165, 1.54) is 22.4 Å². The van der Waals surface area contributed by atoms with Gasteiger partial charge in [0, 0.05) is 27.2 Å². The first-order chi connectivity index (χ1) is 12.3. The molecule has 2 aromatic rings. The molecular weight excluding hydrogens is 398 g/mol. The molecule has 0 aliphatic carbocycles. The number of ether oxygens (including phenoxy) is 2. The van der Waals surface area contributed by atoms with Crippen molar-refractivity contribution in [1.29, 1.82) is 0 Å². The highest BCUT2D eigenvalue weighted by Gasteiger charge is 2.14. The van der Waals surface area contributed by atoms with Gasteiger partial charge in [-0.3, -0.25) is 0 Å². The zero-order valence-electron chi connectivity index (χ0n) is 14.5. The highest BCUT2D eigenvalue weighted by atomic mass is 79.9. The molecule has 3 nitrogen and oxygen atoms in total. The maximum atomic E-state index is 6.12. The van der Waals surface area contributed by atoms with Crippen molar-refractivity contribution in [3.8, 4) is 5.75 Å². The Morgan fingerprint density at radius 1 is 1.20 bits per heavy atom. The predicted octanol–water partition coefficient (Wildman–Crippen LogP) is 5.02. The molecule has 1 N–H and O–H groups in total. The molecular formula is C20H24BrNO2S. The number of piperidine rings is 1. The van der Waals surface area contributed by atoms with Crippen LogP contribution in [0.15, 0.2) is 51.8 Å². The fraction of sp³-hybridized carbons (Fsp3) is 0.400. The van der Waals surface area contributed by atoms with Crippen LogP contribution in [-0.4, -0.2) is 26.3 Å². The Balaban J connectivity index is 1.63. The molecule has 1 aliphatic heterocycles. The average Bonchev–Trinajstić information content (AvgIpc) is 2.66. The van der Waals surface area contributed by atoms with Crippen LogP contribution in [0.4, 0.5) is 0 Å². The Kier molecular flexibility index (Phi) is 7.23. The van der Waals surface area contributed by atoms with Crippen molar-refractivity contribution in [2.45, 2.75) is 36.2 Å². The van der Waals surface area contributed by atoms with E-state index in [1.54, 1.807) is 7.11 Å². The highest BCUT2D eigenvalue weighted by molar-refractivity contribution is 9.10. The van der Waals surface area contributed by atoms with Gasteiger partial charge in [-0.2, -0.15) is 0 Å². The molecule has 1 unspecified atom stereocenters. The maximum Gasteiger partial charge on any atom is 0.122 e. The fourth-order valence-electron chi connectivity index (χ4n) is 2.95. The first-order valence-corrected chi connectivity index (χ1v) is 10.4. The largest absolute Gasteiger partial charge is 0.496 e. The summed E-state index contributed by atoms with van der Waals surface area (Å²) in [5, 5.41) is 3.40. The van der Waals surface area contributed by atoms with E-state index < -0.39 is 0 Å². The van der Waals surface area contributed by atoms with Crippen LogP contribution in [0.2, 0.25) is 0 Å². The van der Waals surface area contributed by atoms with Crippen molar-refractivity contribution < 1.29 is 9.47 Å². The molecule has 25 heavy (non-hydrogen) atoms. The summed E-state index contributed by atoms with van der Waals surface area (Å²) in [7, 11) is 1.72. The second-order valence-electron chi connectivity index (χ2n) is 6.13. The number of hydrogen-bond acceptors (Lipinski definition) is 4. The quantitative estimate of drug-likeness (QED) is 0.635. The number of hydrogen-bond donors (Lipinski definition) is 1. The molecule has 0 spiro atoms. The van der Waals surface area contributed by atoms with Gasteiger partial charge in [-0.25, -0.2) is 0 Å². The van der Waals surface area contributed by atoms with Gasteiger partial charge in [0.1, 0.15) is 5.75 Å². The van der Waals surface area contributed by atoms with Gasteiger partial charge in [0.05, 0.1) is 19.8 Å². The minimum Gasteiger partial charge on any atom is -0.496 e. The summed E-state index contributed by atoms with van der Waals surface area (Å²) in [4.78, 5) is 1.27. The van der Waals surface area contributed by atoms with Crippen molar-refractivity contribution >= 4 is 27.7 Å². The van der Waals surface area contributed by atoms with E-state index in [2.05, 4.69) is 51.6 Å². The molecule has 0 saturated carbocycles. The van der Waals surface area contributed by atoms with E-state index >= 15 is 0 Å². The lowest BCUT2D eigenvalue weighted by Gasteiger charge is -2.23. The van der Waals surface area contributed by atoms with Crippen molar-refractivity contribution in [2.24, 2.45) is 0 Å². The van der Waals surface area contributed by atoms with Crippen LogP contribution < -0.4 is 10.1 Å². The Bertz CT molecular complexity index is 689. The third-order valence-corrected chi connectivity index (χ3v) is 5.98. The lowest BCUT2D eigenvalue weighted by atomic mass is 10.1. The van der Waals surface area contributed by atoms with Crippen LogP contribution >= 0.6 is 27.7 Å². The van der Waals surface area contributed by atoms with Crippen LogP contribution in [0, 0.1) is 0 Å². The van der Waals surface area contributed by atoms with Crippen molar-refractivity contribution in [3.63, 3.8) is 0 Å². The first kappa shape index (κ1) is 18.8. The molecule has 1 aliphatic rings. The number of methoxy groups -OCH3 is 1. The first-order valence-electron chi connectivity index (χ1n) is 8.61. The summed E-state index contributed by atoms with van der Waals surface area (Å²) in [6, 6.07) is 14.6. The van der Waals surface area contributed by atoms with Gasteiger partial charge in [0.15, 0.2) is 0 Å².